The maximum atomic E-state index is 14.4. The number of nitrogens with zero attached hydrogens (tertiary/aromatic N) is 1. The highest BCUT2D eigenvalue weighted by Gasteiger charge is 2.33. The third-order valence-corrected chi connectivity index (χ3v) is 5.13. The van der Waals surface area contributed by atoms with E-state index in [1.807, 2.05) is 0 Å². The normalized spacial score (nSPS) is 16.2. The lowest BCUT2D eigenvalue weighted by atomic mass is 9.70. The topological polar surface area (TPSA) is 53.2 Å². The molecule has 1 aliphatic rings. The second-order valence-electron chi connectivity index (χ2n) is 6.82. The smallest absolute Gasteiger partial charge is 0.131 e. The van der Waals surface area contributed by atoms with E-state index in [0.717, 1.165) is 37.7 Å². The molecule has 0 atom stereocenters. The van der Waals surface area contributed by atoms with E-state index < -0.39 is 5.41 Å². The summed E-state index contributed by atoms with van der Waals surface area (Å²) in [7, 11) is 1.54. The van der Waals surface area contributed by atoms with Gasteiger partial charge in [-0.05, 0) is 60.7 Å². The fourth-order valence-electron chi connectivity index (χ4n) is 3.75. The van der Waals surface area contributed by atoms with Crippen molar-refractivity contribution in [2.45, 2.75) is 38.5 Å². The maximum absolute atomic E-state index is 14.4. The molecule has 130 valence electrons. The summed E-state index contributed by atoms with van der Waals surface area (Å²) < 4.78 is 19.7. The van der Waals surface area contributed by atoms with E-state index in [0.29, 0.717) is 23.3 Å². The van der Waals surface area contributed by atoms with Crippen LogP contribution in [0.5, 0.6) is 11.5 Å². The Morgan fingerprint density at radius 3 is 2.56 bits per heavy atom. The summed E-state index contributed by atoms with van der Waals surface area (Å²) in [6.07, 6.45) is 5.44. The molecule has 1 N–H and O–H groups in total. The van der Waals surface area contributed by atoms with Crippen molar-refractivity contribution in [1.29, 1.82) is 5.26 Å². The molecule has 0 unspecified atom stereocenters. The molecule has 2 aromatic carbocycles. The zero-order valence-electron chi connectivity index (χ0n) is 14.4. The Bertz CT molecular complexity index is 804. The molecule has 0 aliphatic heterocycles. The van der Waals surface area contributed by atoms with E-state index in [-0.39, 0.29) is 11.6 Å². The summed E-state index contributed by atoms with van der Waals surface area (Å²) in [5, 5.41) is 19.7. The van der Waals surface area contributed by atoms with Crippen LogP contribution >= 0.6 is 0 Å². The molecule has 0 heterocycles. The number of nitriles is 1. The molecular formula is C21H22FNO2. The standard InChI is InChI=1S/C21H22FNO2/c1-25-17-6-8-20(22)19(12-17)18-7-5-16(24)11-15(18)13-21(14-23)9-3-2-4-10-21/h5-8,11-12,24H,2-4,9-10,13H2,1H3. The monoisotopic (exact) mass is 339 g/mol. The van der Waals surface area contributed by atoms with E-state index in [1.165, 1.54) is 6.07 Å². The number of halogens is 1. The number of phenolic OH excluding ortho intramolecular Hbond substituents is 1. The van der Waals surface area contributed by atoms with Crippen LogP contribution in [0.2, 0.25) is 0 Å². The number of phenols is 1. The second-order valence-corrected chi connectivity index (χ2v) is 6.82. The lowest BCUT2D eigenvalue weighted by Gasteiger charge is -2.31. The Balaban J connectivity index is 2.06. The van der Waals surface area contributed by atoms with Crippen LogP contribution in [-0.2, 0) is 6.42 Å². The van der Waals surface area contributed by atoms with E-state index in [9.17, 15) is 14.8 Å². The number of methoxy groups -OCH3 is 1. The first kappa shape index (κ1) is 17.3. The molecule has 1 fully saturated rings. The van der Waals surface area contributed by atoms with Crippen molar-refractivity contribution in [2.75, 3.05) is 7.11 Å². The molecule has 4 heteroatoms. The third-order valence-electron chi connectivity index (χ3n) is 5.13. The van der Waals surface area contributed by atoms with Crippen LogP contribution in [0.25, 0.3) is 11.1 Å². The molecular weight excluding hydrogens is 317 g/mol. The Morgan fingerprint density at radius 1 is 1.12 bits per heavy atom. The minimum absolute atomic E-state index is 0.131. The van der Waals surface area contributed by atoms with Gasteiger partial charge in [-0.1, -0.05) is 25.3 Å². The van der Waals surface area contributed by atoms with Crippen LogP contribution < -0.4 is 4.74 Å². The van der Waals surface area contributed by atoms with E-state index in [4.69, 9.17) is 4.74 Å². The van der Waals surface area contributed by atoms with Gasteiger partial charge in [-0.2, -0.15) is 5.26 Å². The predicted molar refractivity (Wildman–Crippen MR) is 94.9 cm³/mol. The van der Waals surface area contributed by atoms with Gasteiger partial charge in [0.05, 0.1) is 18.6 Å². The van der Waals surface area contributed by atoms with Crippen molar-refractivity contribution in [3.8, 4) is 28.7 Å². The molecule has 1 saturated carbocycles. The first-order valence-corrected chi connectivity index (χ1v) is 8.64. The molecule has 0 spiro atoms. The fraction of sp³-hybridized carbons (Fsp3) is 0.381. The number of rotatable bonds is 4. The van der Waals surface area contributed by atoms with Crippen molar-refractivity contribution < 1.29 is 14.2 Å². The molecule has 3 nitrogen and oxygen atoms in total. The SMILES string of the molecule is COc1ccc(F)c(-c2ccc(O)cc2CC2(C#N)CCCCC2)c1. The van der Waals surface area contributed by atoms with Gasteiger partial charge in [0.25, 0.3) is 0 Å². The lowest BCUT2D eigenvalue weighted by Crippen LogP contribution is -2.25. The van der Waals surface area contributed by atoms with Crippen LogP contribution in [0.3, 0.4) is 0 Å². The van der Waals surface area contributed by atoms with Gasteiger partial charge in [0, 0.05) is 5.56 Å². The number of aromatic hydroxyl groups is 1. The molecule has 0 radical (unpaired) electrons. The van der Waals surface area contributed by atoms with Gasteiger partial charge >= 0.3 is 0 Å². The fourth-order valence-corrected chi connectivity index (χ4v) is 3.75. The Hall–Kier alpha value is -2.54. The summed E-state index contributed by atoms with van der Waals surface area (Å²) in [4.78, 5) is 0. The zero-order valence-corrected chi connectivity index (χ0v) is 14.4. The first-order valence-electron chi connectivity index (χ1n) is 8.64. The summed E-state index contributed by atoms with van der Waals surface area (Å²) in [6, 6.07) is 12.0. The van der Waals surface area contributed by atoms with Gasteiger partial charge in [0.1, 0.15) is 17.3 Å². The maximum Gasteiger partial charge on any atom is 0.131 e. The Labute approximate surface area is 147 Å². The lowest BCUT2D eigenvalue weighted by molar-refractivity contribution is 0.266. The highest BCUT2D eigenvalue weighted by Crippen LogP contribution is 2.42. The predicted octanol–water partition coefficient (Wildman–Crippen LogP) is 5.22. The van der Waals surface area contributed by atoms with Crippen LogP contribution in [0, 0.1) is 22.6 Å². The van der Waals surface area contributed by atoms with Gasteiger partial charge < -0.3 is 9.84 Å². The van der Waals surface area contributed by atoms with Gasteiger partial charge in [0.2, 0.25) is 0 Å². The van der Waals surface area contributed by atoms with Gasteiger partial charge in [-0.3, -0.25) is 0 Å². The van der Waals surface area contributed by atoms with Crippen LogP contribution in [0.4, 0.5) is 4.39 Å². The molecule has 3 rings (SSSR count). The van der Waals surface area contributed by atoms with Crippen LogP contribution in [0.1, 0.15) is 37.7 Å². The van der Waals surface area contributed by atoms with Crippen molar-refractivity contribution in [3.05, 3.63) is 47.8 Å². The molecule has 0 saturated heterocycles. The quantitative estimate of drug-likeness (QED) is 0.830. The van der Waals surface area contributed by atoms with Gasteiger partial charge in [-0.15, -0.1) is 0 Å². The van der Waals surface area contributed by atoms with E-state index in [1.54, 1.807) is 37.4 Å². The average molecular weight is 339 g/mol. The van der Waals surface area contributed by atoms with Crippen molar-refractivity contribution in [2.24, 2.45) is 5.41 Å². The van der Waals surface area contributed by atoms with E-state index >= 15 is 0 Å². The summed E-state index contributed by atoms with van der Waals surface area (Å²) in [5.41, 5.74) is 1.50. The third kappa shape index (κ3) is 3.61. The van der Waals surface area contributed by atoms with Crippen molar-refractivity contribution >= 4 is 0 Å². The molecule has 0 bridgehead atoms. The molecule has 1 aliphatic carbocycles. The zero-order chi connectivity index (χ0) is 17.9. The first-order chi connectivity index (χ1) is 12.1. The second kappa shape index (κ2) is 7.14. The molecule has 25 heavy (non-hydrogen) atoms. The van der Waals surface area contributed by atoms with E-state index in [2.05, 4.69) is 6.07 Å². The van der Waals surface area contributed by atoms with Crippen molar-refractivity contribution in [3.63, 3.8) is 0 Å². The van der Waals surface area contributed by atoms with Gasteiger partial charge in [-0.25, -0.2) is 4.39 Å². The molecule has 0 amide bonds. The number of hydrogen-bond acceptors (Lipinski definition) is 3. The summed E-state index contributed by atoms with van der Waals surface area (Å²) in [5.74, 6) is 0.358. The van der Waals surface area contributed by atoms with Crippen molar-refractivity contribution in [1.82, 2.24) is 0 Å². The summed E-state index contributed by atoms with van der Waals surface area (Å²) >= 11 is 0. The largest absolute Gasteiger partial charge is 0.508 e. The van der Waals surface area contributed by atoms with Crippen LogP contribution in [0.15, 0.2) is 36.4 Å². The molecule has 2 aromatic rings. The number of benzene rings is 2. The summed E-state index contributed by atoms with van der Waals surface area (Å²) in [6.45, 7) is 0. The minimum Gasteiger partial charge on any atom is -0.508 e. The number of hydrogen-bond donors (Lipinski definition) is 1. The molecule has 0 aromatic heterocycles. The van der Waals surface area contributed by atoms with Crippen LogP contribution in [-0.4, -0.2) is 12.2 Å². The highest BCUT2D eigenvalue weighted by molar-refractivity contribution is 5.70. The Kier molecular flexibility index (Phi) is 4.94. The Morgan fingerprint density at radius 2 is 1.88 bits per heavy atom. The van der Waals surface area contributed by atoms with Gasteiger partial charge in [0.15, 0.2) is 0 Å². The minimum atomic E-state index is -0.434. The number of ether oxygens (including phenoxy) is 1. The average Bonchev–Trinajstić information content (AvgIpc) is 2.63. The highest BCUT2D eigenvalue weighted by atomic mass is 19.1.